The minimum Gasteiger partial charge on any atom is -0.272 e. The van der Waals surface area contributed by atoms with Crippen molar-refractivity contribution in [3.63, 3.8) is 0 Å². The van der Waals surface area contributed by atoms with Crippen molar-refractivity contribution in [2.75, 3.05) is 0 Å². The first-order chi connectivity index (χ1) is 6.93. The van der Waals surface area contributed by atoms with E-state index in [2.05, 4.69) is 25.3 Å². The van der Waals surface area contributed by atoms with Gasteiger partial charge >= 0.3 is 0 Å². The predicted molar refractivity (Wildman–Crippen MR) is 45.7 cm³/mol. The van der Waals surface area contributed by atoms with Crippen molar-refractivity contribution >= 4 is 5.78 Å². The van der Waals surface area contributed by atoms with Crippen LogP contribution in [0.1, 0.15) is 0 Å². The number of rotatable bonds is 1. The first-order valence-electron chi connectivity index (χ1n) is 3.96. The van der Waals surface area contributed by atoms with Crippen molar-refractivity contribution in [3.8, 4) is 5.95 Å². The zero-order valence-electron chi connectivity index (χ0n) is 7.02. The van der Waals surface area contributed by atoms with Crippen LogP contribution in [0.2, 0.25) is 0 Å². The van der Waals surface area contributed by atoms with E-state index in [4.69, 9.17) is 0 Å². The molecule has 0 atom stereocenters. The smallest absolute Gasteiger partial charge is 0.272 e. The highest BCUT2D eigenvalue weighted by Crippen LogP contribution is 1.98. The van der Waals surface area contributed by atoms with Crippen LogP contribution in [0, 0.1) is 0 Å². The summed E-state index contributed by atoms with van der Waals surface area (Å²) in [7, 11) is 0. The lowest BCUT2D eigenvalue weighted by Crippen LogP contribution is -2.05. The Morgan fingerprint density at radius 1 is 1.07 bits per heavy atom. The van der Waals surface area contributed by atoms with E-state index < -0.39 is 0 Å². The highest BCUT2D eigenvalue weighted by Gasteiger charge is 2.02. The number of nitrogens with zero attached hydrogens (tertiary/aromatic N) is 7. The van der Waals surface area contributed by atoms with Crippen LogP contribution < -0.4 is 0 Å². The van der Waals surface area contributed by atoms with Crippen LogP contribution in [0.4, 0.5) is 0 Å². The van der Waals surface area contributed by atoms with Crippen molar-refractivity contribution in [2.45, 2.75) is 0 Å². The standard InChI is InChI=1S/C7H5N7/c1-3-13(5-8-1)7-11-10-6-9-2-4-14(6)12-7/h1-5H. The summed E-state index contributed by atoms with van der Waals surface area (Å²) in [5, 5.41) is 12.0. The van der Waals surface area contributed by atoms with E-state index in [1.54, 1.807) is 40.2 Å². The van der Waals surface area contributed by atoms with Crippen LogP contribution in [0.25, 0.3) is 11.7 Å². The van der Waals surface area contributed by atoms with Gasteiger partial charge in [0.15, 0.2) is 0 Å². The Kier molecular flexibility index (Phi) is 1.32. The molecule has 0 bridgehead atoms. The fourth-order valence-electron chi connectivity index (χ4n) is 1.13. The van der Waals surface area contributed by atoms with Crippen LogP contribution in [0.15, 0.2) is 31.1 Å². The lowest BCUT2D eigenvalue weighted by atomic mass is 10.8. The van der Waals surface area contributed by atoms with E-state index >= 15 is 0 Å². The van der Waals surface area contributed by atoms with E-state index in [9.17, 15) is 0 Å². The molecule has 0 fully saturated rings. The lowest BCUT2D eigenvalue weighted by molar-refractivity contribution is 0.762. The number of imidazole rings is 2. The number of hydrogen-bond acceptors (Lipinski definition) is 5. The average Bonchev–Trinajstić information content (AvgIpc) is 2.88. The molecule has 0 unspecified atom stereocenters. The predicted octanol–water partition coefficient (Wildman–Crippen LogP) is -0.295. The average molecular weight is 187 g/mol. The molecule has 14 heavy (non-hydrogen) atoms. The second-order valence-electron chi connectivity index (χ2n) is 2.64. The van der Waals surface area contributed by atoms with Crippen molar-refractivity contribution in [1.82, 2.24) is 34.3 Å². The second-order valence-corrected chi connectivity index (χ2v) is 2.64. The fraction of sp³-hybridized carbons (Fsp3) is 0. The first kappa shape index (κ1) is 7.13. The molecule has 0 N–H and O–H groups in total. The number of aromatic nitrogens is 7. The molecule has 0 saturated carbocycles. The monoisotopic (exact) mass is 187 g/mol. The molecule has 7 heteroatoms. The van der Waals surface area contributed by atoms with Crippen molar-refractivity contribution in [3.05, 3.63) is 31.1 Å². The molecule has 3 rings (SSSR count). The maximum absolute atomic E-state index is 4.18. The van der Waals surface area contributed by atoms with Crippen LogP contribution in [0.5, 0.6) is 0 Å². The molecule has 0 aliphatic heterocycles. The molecule has 0 aliphatic rings. The Morgan fingerprint density at radius 3 is 2.93 bits per heavy atom. The lowest BCUT2D eigenvalue weighted by Gasteiger charge is -1.97. The van der Waals surface area contributed by atoms with Gasteiger partial charge in [0.1, 0.15) is 6.33 Å². The highest BCUT2D eigenvalue weighted by molar-refractivity contribution is 5.23. The Balaban J connectivity index is 2.23. The van der Waals surface area contributed by atoms with Gasteiger partial charge in [0.2, 0.25) is 0 Å². The van der Waals surface area contributed by atoms with Gasteiger partial charge in [-0.15, -0.1) is 15.3 Å². The summed E-state index contributed by atoms with van der Waals surface area (Å²) in [6.07, 6.45) is 8.35. The van der Waals surface area contributed by atoms with Gasteiger partial charge in [0.05, 0.1) is 6.20 Å². The summed E-state index contributed by atoms with van der Waals surface area (Å²) in [5.41, 5.74) is 0. The highest BCUT2D eigenvalue weighted by atomic mass is 15.4. The van der Waals surface area contributed by atoms with E-state index in [0.29, 0.717) is 11.7 Å². The van der Waals surface area contributed by atoms with E-state index in [-0.39, 0.29) is 0 Å². The van der Waals surface area contributed by atoms with Crippen molar-refractivity contribution in [2.24, 2.45) is 0 Å². The zero-order valence-corrected chi connectivity index (χ0v) is 7.02. The summed E-state index contributed by atoms with van der Waals surface area (Å²) in [4.78, 5) is 7.84. The second kappa shape index (κ2) is 2.59. The molecule has 0 amide bonds. The summed E-state index contributed by atoms with van der Waals surface area (Å²) in [6, 6.07) is 0. The van der Waals surface area contributed by atoms with Gasteiger partial charge in [-0.2, -0.15) is 4.52 Å². The Morgan fingerprint density at radius 2 is 2.07 bits per heavy atom. The van der Waals surface area contributed by atoms with Gasteiger partial charge in [-0.1, -0.05) is 0 Å². The van der Waals surface area contributed by atoms with Crippen LogP contribution in [-0.2, 0) is 0 Å². The van der Waals surface area contributed by atoms with Crippen LogP contribution in [-0.4, -0.2) is 34.3 Å². The molecule has 0 saturated heterocycles. The van der Waals surface area contributed by atoms with Gasteiger partial charge in [-0.25, -0.2) is 9.97 Å². The molecule has 0 spiro atoms. The molecule has 3 aromatic heterocycles. The SMILES string of the molecule is c1cn(-c2nnc3nccn3n2)cn1. The Bertz CT molecular complexity index is 552. The molecule has 3 heterocycles. The normalized spacial score (nSPS) is 10.9. The maximum atomic E-state index is 4.18. The molecule has 3 aromatic rings. The topological polar surface area (TPSA) is 73.8 Å². The summed E-state index contributed by atoms with van der Waals surface area (Å²) >= 11 is 0. The molecule has 0 radical (unpaired) electrons. The largest absolute Gasteiger partial charge is 0.272 e. The third-order valence-electron chi connectivity index (χ3n) is 1.76. The van der Waals surface area contributed by atoms with Gasteiger partial charge in [0, 0.05) is 18.6 Å². The minimum absolute atomic E-state index is 0.466. The molecular formula is C7H5N7. The summed E-state index contributed by atoms with van der Waals surface area (Å²) in [6.45, 7) is 0. The summed E-state index contributed by atoms with van der Waals surface area (Å²) < 4.78 is 3.23. The van der Waals surface area contributed by atoms with Gasteiger partial charge in [-0.05, 0) is 0 Å². The van der Waals surface area contributed by atoms with Crippen molar-refractivity contribution < 1.29 is 0 Å². The van der Waals surface area contributed by atoms with Gasteiger partial charge < -0.3 is 0 Å². The van der Waals surface area contributed by atoms with Gasteiger partial charge in [0.25, 0.3) is 11.7 Å². The molecular weight excluding hydrogens is 182 g/mol. The number of hydrogen-bond donors (Lipinski definition) is 0. The molecule has 68 valence electrons. The van der Waals surface area contributed by atoms with Crippen molar-refractivity contribution in [1.29, 1.82) is 0 Å². The minimum atomic E-state index is 0.466. The number of fused-ring (bicyclic) bond motifs is 1. The summed E-state index contributed by atoms with van der Waals surface area (Å²) in [5.74, 6) is 0.946. The third kappa shape index (κ3) is 0.954. The zero-order chi connectivity index (χ0) is 9.38. The van der Waals surface area contributed by atoms with Crippen LogP contribution in [0.3, 0.4) is 0 Å². The van der Waals surface area contributed by atoms with E-state index in [1.807, 2.05) is 0 Å². The Labute approximate surface area is 78.1 Å². The van der Waals surface area contributed by atoms with Crippen LogP contribution >= 0.6 is 0 Å². The van der Waals surface area contributed by atoms with E-state index in [0.717, 1.165) is 0 Å². The fourth-order valence-corrected chi connectivity index (χ4v) is 1.13. The third-order valence-corrected chi connectivity index (χ3v) is 1.76. The first-order valence-corrected chi connectivity index (χ1v) is 3.96. The quantitative estimate of drug-likeness (QED) is 0.523. The van der Waals surface area contributed by atoms with E-state index in [1.165, 1.54) is 0 Å². The molecule has 7 nitrogen and oxygen atoms in total. The Hall–Kier alpha value is -2.31. The molecule has 0 aromatic carbocycles. The van der Waals surface area contributed by atoms with Gasteiger partial charge in [-0.3, -0.25) is 4.57 Å². The molecule has 0 aliphatic carbocycles. The maximum Gasteiger partial charge on any atom is 0.272 e.